The van der Waals surface area contributed by atoms with Crippen molar-refractivity contribution in [2.75, 3.05) is 0 Å². The van der Waals surface area contributed by atoms with Gasteiger partial charge in [0.1, 0.15) is 0 Å². The van der Waals surface area contributed by atoms with Crippen LogP contribution < -0.4 is 11.2 Å². The van der Waals surface area contributed by atoms with E-state index in [-0.39, 0.29) is 11.2 Å². The fraction of sp³-hybridized carbons (Fsp3) is 0.429. The lowest BCUT2D eigenvalue weighted by Gasteiger charge is -2.00. The first-order valence-corrected chi connectivity index (χ1v) is 3.30. The molecular weight excluding hydrogens is 144 g/mol. The van der Waals surface area contributed by atoms with Crippen LogP contribution in [-0.4, -0.2) is 9.55 Å². The molecule has 1 aromatic rings. The van der Waals surface area contributed by atoms with Crippen LogP contribution in [0.5, 0.6) is 0 Å². The summed E-state index contributed by atoms with van der Waals surface area (Å²) >= 11 is 0. The first-order chi connectivity index (χ1) is 5.04. The van der Waals surface area contributed by atoms with Gasteiger partial charge < -0.3 is 4.98 Å². The van der Waals surface area contributed by atoms with Crippen LogP contribution in [0.25, 0.3) is 0 Å². The van der Waals surface area contributed by atoms with Crippen LogP contribution in [-0.2, 0) is 7.05 Å². The van der Waals surface area contributed by atoms with E-state index >= 15 is 0 Å². The summed E-state index contributed by atoms with van der Waals surface area (Å²) in [7, 11) is 1.45. The SMILES string of the molecule is Cc1[nH]c(=O)n(C)c(=O)c1C. The highest BCUT2D eigenvalue weighted by molar-refractivity contribution is 5.12. The van der Waals surface area contributed by atoms with Crippen LogP contribution in [0, 0.1) is 13.8 Å². The van der Waals surface area contributed by atoms with Crippen molar-refractivity contribution in [1.82, 2.24) is 9.55 Å². The summed E-state index contributed by atoms with van der Waals surface area (Å²) in [5, 5.41) is 0. The first kappa shape index (κ1) is 7.78. The molecule has 1 aromatic heterocycles. The number of nitrogens with zero attached hydrogens (tertiary/aromatic N) is 1. The van der Waals surface area contributed by atoms with Gasteiger partial charge in [0.2, 0.25) is 0 Å². The van der Waals surface area contributed by atoms with E-state index in [0.29, 0.717) is 11.3 Å². The van der Waals surface area contributed by atoms with Gasteiger partial charge in [-0.1, -0.05) is 0 Å². The first-order valence-electron chi connectivity index (χ1n) is 3.30. The molecule has 0 saturated carbocycles. The van der Waals surface area contributed by atoms with Crippen LogP contribution in [0.1, 0.15) is 11.3 Å². The molecule has 1 heterocycles. The zero-order valence-corrected chi connectivity index (χ0v) is 6.76. The highest BCUT2D eigenvalue weighted by Gasteiger charge is 2.01. The second kappa shape index (κ2) is 2.38. The van der Waals surface area contributed by atoms with Gasteiger partial charge in [0.25, 0.3) is 5.56 Å². The van der Waals surface area contributed by atoms with Crippen LogP contribution in [0.2, 0.25) is 0 Å². The van der Waals surface area contributed by atoms with Gasteiger partial charge in [0.15, 0.2) is 0 Å². The summed E-state index contributed by atoms with van der Waals surface area (Å²) in [5.74, 6) is 0. The molecule has 0 spiro atoms. The van der Waals surface area contributed by atoms with Gasteiger partial charge in [0, 0.05) is 18.3 Å². The fourth-order valence-electron chi connectivity index (χ4n) is 0.842. The average molecular weight is 154 g/mol. The third-order valence-electron chi connectivity index (χ3n) is 1.79. The number of hydrogen-bond acceptors (Lipinski definition) is 2. The molecule has 0 aliphatic carbocycles. The van der Waals surface area contributed by atoms with Crippen molar-refractivity contribution in [1.29, 1.82) is 0 Å². The molecule has 0 radical (unpaired) electrons. The molecule has 4 heteroatoms. The Morgan fingerprint density at radius 2 is 1.82 bits per heavy atom. The second-order valence-electron chi connectivity index (χ2n) is 2.54. The molecule has 0 amide bonds. The number of hydrogen-bond donors (Lipinski definition) is 1. The molecule has 0 aliphatic heterocycles. The predicted octanol–water partition coefficient (Wildman–Crippen LogP) is -0.310. The Hall–Kier alpha value is -1.32. The Kier molecular flexibility index (Phi) is 1.68. The molecule has 11 heavy (non-hydrogen) atoms. The van der Waals surface area contributed by atoms with Gasteiger partial charge in [-0.05, 0) is 13.8 Å². The van der Waals surface area contributed by atoms with Crippen molar-refractivity contribution in [2.45, 2.75) is 13.8 Å². The minimum atomic E-state index is -0.363. The van der Waals surface area contributed by atoms with Gasteiger partial charge >= 0.3 is 5.69 Å². The number of aromatic nitrogens is 2. The lowest BCUT2D eigenvalue weighted by atomic mass is 10.3. The molecule has 0 bridgehead atoms. The zero-order chi connectivity index (χ0) is 8.59. The van der Waals surface area contributed by atoms with Crippen LogP contribution in [0.4, 0.5) is 0 Å². The van der Waals surface area contributed by atoms with Gasteiger partial charge in [-0.3, -0.25) is 9.36 Å². The Labute approximate surface area is 63.5 Å². The minimum absolute atomic E-state index is 0.230. The van der Waals surface area contributed by atoms with E-state index < -0.39 is 0 Å². The maximum Gasteiger partial charge on any atom is 0.328 e. The van der Waals surface area contributed by atoms with Gasteiger partial charge in [-0.2, -0.15) is 0 Å². The van der Waals surface area contributed by atoms with Crippen molar-refractivity contribution >= 4 is 0 Å². The van der Waals surface area contributed by atoms with Crippen LogP contribution >= 0.6 is 0 Å². The van der Waals surface area contributed by atoms with Gasteiger partial charge in [-0.15, -0.1) is 0 Å². The Morgan fingerprint density at radius 3 is 2.36 bits per heavy atom. The number of rotatable bonds is 0. The largest absolute Gasteiger partial charge is 0.328 e. The molecule has 1 N–H and O–H groups in total. The lowest BCUT2D eigenvalue weighted by Crippen LogP contribution is -2.34. The van der Waals surface area contributed by atoms with E-state index in [9.17, 15) is 9.59 Å². The van der Waals surface area contributed by atoms with E-state index in [4.69, 9.17) is 0 Å². The summed E-state index contributed by atoms with van der Waals surface area (Å²) in [6.45, 7) is 3.39. The Morgan fingerprint density at radius 1 is 1.27 bits per heavy atom. The van der Waals surface area contributed by atoms with Gasteiger partial charge in [0.05, 0.1) is 0 Å². The molecule has 0 fully saturated rings. The van der Waals surface area contributed by atoms with Crippen molar-refractivity contribution < 1.29 is 0 Å². The second-order valence-corrected chi connectivity index (χ2v) is 2.54. The van der Waals surface area contributed by atoms with Crippen molar-refractivity contribution in [3.05, 3.63) is 32.1 Å². The Bertz CT molecular complexity index is 386. The Balaban J connectivity index is 3.74. The molecule has 0 aliphatic rings. The maximum atomic E-state index is 11.2. The number of aromatic amines is 1. The third kappa shape index (κ3) is 1.11. The van der Waals surface area contributed by atoms with Crippen molar-refractivity contribution in [3.8, 4) is 0 Å². The summed E-state index contributed by atoms with van der Waals surface area (Å²) in [5.41, 5.74) is 0.634. The number of H-pyrrole nitrogens is 1. The molecule has 0 atom stereocenters. The van der Waals surface area contributed by atoms with Crippen LogP contribution in [0.3, 0.4) is 0 Å². The zero-order valence-electron chi connectivity index (χ0n) is 6.76. The van der Waals surface area contributed by atoms with Gasteiger partial charge in [-0.25, -0.2) is 4.79 Å². The molecule has 4 nitrogen and oxygen atoms in total. The third-order valence-corrected chi connectivity index (χ3v) is 1.79. The molecule has 60 valence electrons. The normalized spacial score (nSPS) is 10.1. The monoisotopic (exact) mass is 154 g/mol. The van der Waals surface area contributed by atoms with Crippen molar-refractivity contribution in [2.24, 2.45) is 7.05 Å². The standard InChI is InChI=1S/C7H10N2O2/c1-4-5(2)8-7(11)9(3)6(4)10/h1-3H3,(H,8,11). The molecule has 0 saturated heterocycles. The quantitative estimate of drug-likeness (QED) is 0.557. The van der Waals surface area contributed by atoms with E-state index in [1.807, 2.05) is 0 Å². The molecule has 0 unspecified atom stereocenters. The highest BCUT2D eigenvalue weighted by Crippen LogP contribution is 1.89. The fourth-order valence-corrected chi connectivity index (χ4v) is 0.842. The molecule has 1 rings (SSSR count). The predicted molar refractivity (Wildman–Crippen MR) is 41.8 cm³/mol. The van der Waals surface area contributed by atoms with E-state index in [1.54, 1.807) is 13.8 Å². The lowest BCUT2D eigenvalue weighted by molar-refractivity contribution is 0.753. The smallest absolute Gasteiger partial charge is 0.311 e. The molecule has 0 aromatic carbocycles. The van der Waals surface area contributed by atoms with Crippen molar-refractivity contribution in [3.63, 3.8) is 0 Å². The molecular formula is C7H10N2O2. The topological polar surface area (TPSA) is 54.9 Å². The summed E-state index contributed by atoms with van der Waals surface area (Å²) < 4.78 is 1.06. The average Bonchev–Trinajstić information content (AvgIpc) is 1.97. The maximum absolute atomic E-state index is 11.2. The van der Waals surface area contributed by atoms with Crippen LogP contribution in [0.15, 0.2) is 9.59 Å². The van der Waals surface area contributed by atoms with E-state index in [0.717, 1.165) is 4.57 Å². The number of nitrogens with one attached hydrogen (secondary N) is 1. The van der Waals surface area contributed by atoms with E-state index in [1.165, 1.54) is 7.05 Å². The summed E-state index contributed by atoms with van der Waals surface area (Å²) in [6.07, 6.45) is 0. The summed E-state index contributed by atoms with van der Waals surface area (Å²) in [4.78, 5) is 24.6. The van der Waals surface area contributed by atoms with E-state index in [2.05, 4.69) is 4.98 Å². The summed E-state index contributed by atoms with van der Waals surface area (Å²) in [6, 6.07) is 0. The number of aryl methyl sites for hydroxylation is 1. The highest BCUT2D eigenvalue weighted by atomic mass is 16.2. The minimum Gasteiger partial charge on any atom is -0.311 e.